The second-order valence-corrected chi connectivity index (χ2v) is 5.46. The predicted octanol–water partition coefficient (Wildman–Crippen LogP) is 0.548. The minimum absolute atomic E-state index is 0.0531. The van der Waals surface area contributed by atoms with E-state index in [4.69, 9.17) is 4.74 Å². The molecule has 0 fully saturated rings. The van der Waals surface area contributed by atoms with E-state index in [0.717, 1.165) is 5.57 Å². The zero-order valence-corrected chi connectivity index (χ0v) is 11.7. The molecular weight excluding hydrogens is 260 g/mol. The Balaban J connectivity index is 3.87. The minimum Gasteiger partial charge on any atom is -0.446 e. The summed E-state index contributed by atoms with van der Waals surface area (Å²) in [5.74, 6) is 0. The van der Waals surface area contributed by atoms with Gasteiger partial charge < -0.3 is 9.47 Å². The molecule has 18 heavy (non-hydrogen) atoms. The molecule has 0 aliphatic carbocycles. The van der Waals surface area contributed by atoms with Crippen molar-refractivity contribution in [2.75, 3.05) is 19.8 Å². The van der Waals surface area contributed by atoms with E-state index in [1.165, 1.54) is 0 Å². The molecule has 2 N–H and O–H groups in total. The normalized spacial score (nSPS) is 11.3. The number of ether oxygens (including phenoxy) is 2. The molecule has 0 heterocycles. The van der Waals surface area contributed by atoms with E-state index in [0.29, 0.717) is 6.61 Å². The standard InChI is InChI=1S/C10H20N2O5S/c1-8(2)7-16-6-5-11-18(14,15)12-10(13)17-9(3)4/h9,11H,1,5-7H2,2-4H3,(H,12,13). The summed E-state index contributed by atoms with van der Waals surface area (Å²) in [5.41, 5.74) is 0.844. The fraction of sp³-hybridized carbons (Fsp3) is 0.700. The molecule has 106 valence electrons. The summed E-state index contributed by atoms with van der Waals surface area (Å²) >= 11 is 0. The Kier molecular flexibility index (Phi) is 7.56. The molecule has 0 atom stereocenters. The van der Waals surface area contributed by atoms with Crippen LogP contribution in [0.25, 0.3) is 0 Å². The van der Waals surface area contributed by atoms with Crippen LogP contribution in [0.2, 0.25) is 0 Å². The molecular formula is C10H20N2O5S. The molecule has 0 saturated heterocycles. The first kappa shape index (κ1) is 16.9. The molecule has 0 spiro atoms. The summed E-state index contributed by atoms with van der Waals surface area (Å²) in [6, 6.07) is 0. The lowest BCUT2D eigenvalue weighted by Gasteiger charge is -2.10. The van der Waals surface area contributed by atoms with Crippen molar-refractivity contribution in [3.63, 3.8) is 0 Å². The van der Waals surface area contributed by atoms with Crippen molar-refractivity contribution in [2.24, 2.45) is 0 Å². The Bertz CT molecular complexity index is 378. The third-order valence-electron chi connectivity index (χ3n) is 1.45. The first-order chi connectivity index (χ1) is 8.23. The summed E-state index contributed by atoms with van der Waals surface area (Å²) < 4.78 is 36.2. The lowest BCUT2D eigenvalue weighted by Crippen LogP contribution is -2.42. The van der Waals surface area contributed by atoms with Crippen LogP contribution in [0.5, 0.6) is 0 Å². The molecule has 0 aromatic heterocycles. The number of rotatable bonds is 8. The lowest BCUT2D eigenvalue weighted by atomic mass is 10.4. The Morgan fingerprint density at radius 1 is 1.39 bits per heavy atom. The van der Waals surface area contributed by atoms with Crippen molar-refractivity contribution in [1.82, 2.24) is 9.44 Å². The second-order valence-electron chi connectivity index (χ2n) is 3.96. The SMILES string of the molecule is C=C(C)COCCNS(=O)(=O)NC(=O)OC(C)C. The van der Waals surface area contributed by atoms with Crippen molar-refractivity contribution in [1.29, 1.82) is 0 Å². The summed E-state index contributed by atoms with van der Waals surface area (Å²) in [4.78, 5) is 11.1. The van der Waals surface area contributed by atoms with Gasteiger partial charge in [0.2, 0.25) is 0 Å². The maximum absolute atomic E-state index is 11.3. The van der Waals surface area contributed by atoms with Gasteiger partial charge in [0, 0.05) is 6.54 Å². The Morgan fingerprint density at radius 3 is 2.50 bits per heavy atom. The van der Waals surface area contributed by atoms with Crippen LogP contribution in [-0.2, 0) is 19.7 Å². The molecule has 7 nitrogen and oxygen atoms in total. The predicted molar refractivity (Wildman–Crippen MR) is 67.3 cm³/mol. The molecule has 0 aromatic carbocycles. The van der Waals surface area contributed by atoms with E-state index in [-0.39, 0.29) is 19.3 Å². The topological polar surface area (TPSA) is 93.7 Å². The van der Waals surface area contributed by atoms with E-state index in [1.54, 1.807) is 25.5 Å². The van der Waals surface area contributed by atoms with Gasteiger partial charge in [0.05, 0.1) is 19.3 Å². The van der Waals surface area contributed by atoms with Crippen molar-refractivity contribution < 1.29 is 22.7 Å². The van der Waals surface area contributed by atoms with Crippen LogP contribution in [0.1, 0.15) is 20.8 Å². The Labute approximate surface area is 108 Å². The van der Waals surface area contributed by atoms with Gasteiger partial charge in [-0.1, -0.05) is 12.2 Å². The Morgan fingerprint density at radius 2 is 2.00 bits per heavy atom. The summed E-state index contributed by atoms with van der Waals surface area (Å²) in [5, 5.41) is 0. The van der Waals surface area contributed by atoms with Gasteiger partial charge in [-0.2, -0.15) is 13.1 Å². The van der Waals surface area contributed by atoms with Crippen LogP contribution in [0.15, 0.2) is 12.2 Å². The van der Waals surface area contributed by atoms with Crippen LogP contribution in [0.3, 0.4) is 0 Å². The quantitative estimate of drug-likeness (QED) is 0.500. The van der Waals surface area contributed by atoms with Crippen LogP contribution < -0.4 is 9.44 Å². The molecule has 0 aromatic rings. The molecule has 0 aliphatic rings. The highest BCUT2D eigenvalue weighted by Gasteiger charge is 2.15. The summed E-state index contributed by atoms with van der Waals surface area (Å²) in [6.07, 6.45) is -1.40. The number of amides is 1. The van der Waals surface area contributed by atoms with E-state index in [1.807, 2.05) is 0 Å². The van der Waals surface area contributed by atoms with Gasteiger partial charge in [0.1, 0.15) is 0 Å². The number of nitrogens with one attached hydrogen (secondary N) is 2. The monoisotopic (exact) mass is 280 g/mol. The molecule has 8 heteroatoms. The summed E-state index contributed by atoms with van der Waals surface area (Å²) in [6.45, 7) is 9.27. The van der Waals surface area contributed by atoms with Crippen LogP contribution >= 0.6 is 0 Å². The zero-order chi connectivity index (χ0) is 14.2. The fourth-order valence-electron chi connectivity index (χ4n) is 0.879. The maximum atomic E-state index is 11.3. The van der Waals surface area contributed by atoms with Gasteiger partial charge in [0.15, 0.2) is 0 Å². The van der Waals surface area contributed by atoms with Gasteiger partial charge >= 0.3 is 16.3 Å². The average Bonchev–Trinajstić information content (AvgIpc) is 2.13. The molecule has 0 radical (unpaired) electrons. The number of hydrogen-bond acceptors (Lipinski definition) is 5. The molecule has 0 aliphatic heterocycles. The van der Waals surface area contributed by atoms with Crippen LogP contribution in [-0.4, -0.2) is 40.4 Å². The van der Waals surface area contributed by atoms with Crippen LogP contribution in [0.4, 0.5) is 4.79 Å². The molecule has 0 saturated carbocycles. The van der Waals surface area contributed by atoms with Crippen molar-refractivity contribution >= 4 is 16.3 Å². The third-order valence-corrected chi connectivity index (χ3v) is 2.47. The van der Waals surface area contributed by atoms with Gasteiger partial charge in [-0.3, -0.25) is 0 Å². The molecule has 0 bridgehead atoms. The van der Waals surface area contributed by atoms with E-state index >= 15 is 0 Å². The smallest absolute Gasteiger partial charge is 0.422 e. The fourth-order valence-corrected chi connectivity index (χ4v) is 1.57. The molecule has 1 amide bonds. The summed E-state index contributed by atoms with van der Waals surface area (Å²) in [7, 11) is -3.90. The number of hydrogen-bond donors (Lipinski definition) is 2. The first-order valence-corrected chi connectivity index (χ1v) is 6.91. The van der Waals surface area contributed by atoms with Gasteiger partial charge in [-0.05, 0) is 20.8 Å². The van der Waals surface area contributed by atoms with E-state index < -0.39 is 16.3 Å². The van der Waals surface area contributed by atoms with Crippen molar-refractivity contribution in [3.05, 3.63) is 12.2 Å². The highest BCUT2D eigenvalue weighted by molar-refractivity contribution is 7.88. The van der Waals surface area contributed by atoms with Crippen molar-refractivity contribution in [3.8, 4) is 0 Å². The van der Waals surface area contributed by atoms with Gasteiger partial charge in [0.25, 0.3) is 0 Å². The highest BCUT2D eigenvalue weighted by atomic mass is 32.2. The maximum Gasteiger partial charge on any atom is 0.422 e. The molecule has 0 rings (SSSR count). The minimum atomic E-state index is -3.90. The van der Waals surface area contributed by atoms with Gasteiger partial charge in [-0.15, -0.1) is 0 Å². The lowest BCUT2D eigenvalue weighted by molar-refractivity contribution is 0.121. The van der Waals surface area contributed by atoms with Crippen LogP contribution in [0, 0.1) is 0 Å². The second kappa shape index (κ2) is 8.06. The van der Waals surface area contributed by atoms with E-state index in [2.05, 4.69) is 16.0 Å². The Hall–Kier alpha value is -1.12. The van der Waals surface area contributed by atoms with Gasteiger partial charge in [-0.25, -0.2) is 9.52 Å². The van der Waals surface area contributed by atoms with E-state index in [9.17, 15) is 13.2 Å². The third kappa shape index (κ3) is 10.1. The zero-order valence-electron chi connectivity index (χ0n) is 10.9. The highest BCUT2D eigenvalue weighted by Crippen LogP contribution is 1.90. The first-order valence-electron chi connectivity index (χ1n) is 5.43. The van der Waals surface area contributed by atoms with Crippen molar-refractivity contribution in [2.45, 2.75) is 26.9 Å². The largest absolute Gasteiger partial charge is 0.446 e. The number of carbonyl (C=O) groups is 1. The number of carbonyl (C=O) groups excluding carboxylic acids is 1. The average molecular weight is 280 g/mol. The molecule has 0 unspecified atom stereocenters.